The van der Waals surface area contributed by atoms with Gasteiger partial charge in [-0.25, -0.2) is 4.79 Å². The van der Waals surface area contributed by atoms with E-state index in [0.29, 0.717) is 12.3 Å². The normalized spacial score (nSPS) is 11.9. The first-order chi connectivity index (χ1) is 9.92. The lowest BCUT2D eigenvalue weighted by Crippen LogP contribution is -1.97. The van der Waals surface area contributed by atoms with Crippen molar-refractivity contribution in [2.75, 3.05) is 0 Å². The molecule has 0 amide bonds. The molecule has 0 atom stereocenters. The molecule has 112 valence electrons. The number of carboxylic acids is 1. The van der Waals surface area contributed by atoms with E-state index >= 15 is 0 Å². The molecule has 2 rings (SSSR count). The maximum atomic E-state index is 11.4. The molecule has 6 nitrogen and oxygen atoms in total. The molecule has 2 aromatic rings. The number of carbonyl (C=O) groups is 1. The summed E-state index contributed by atoms with van der Waals surface area (Å²) < 4.78 is 7.35. The molecular weight excluding hydrogens is 290 g/mol. The van der Waals surface area contributed by atoms with Crippen LogP contribution in [0, 0.1) is 13.8 Å². The van der Waals surface area contributed by atoms with Crippen LogP contribution >= 0.6 is 11.8 Å². The molecular formula is C14H17N3O3S. The molecule has 0 spiro atoms. The summed E-state index contributed by atoms with van der Waals surface area (Å²) in [6.45, 7) is 5.82. The third-order valence-corrected chi connectivity index (χ3v) is 4.11. The zero-order valence-electron chi connectivity index (χ0n) is 12.4. The number of aromatic nitrogens is 3. The van der Waals surface area contributed by atoms with Gasteiger partial charge in [0.1, 0.15) is 4.91 Å². The number of rotatable bonds is 5. The summed E-state index contributed by atoms with van der Waals surface area (Å²) in [6, 6.07) is 1.95. The summed E-state index contributed by atoms with van der Waals surface area (Å²) in [4.78, 5) is 11.5. The highest BCUT2D eigenvalue weighted by Crippen LogP contribution is 2.28. The summed E-state index contributed by atoms with van der Waals surface area (Å²) >= 11 is 0.964. The molecule has 0 aliphatic heterocycles. The zero-order chi connectivity index (χ0) is 15.6. The van der Waals surface area contributed by atoms with Crippen molar-refractivity contribution in [3.63, 3.8) is 0 Å². The first-order valence-electron chi connectivity index (χ1n) is 6.50. The van der Waals surface area contributed by atoms with Gasteiger partial charge in [-0.1, -0.05) is 6.92 Å². The molecule has 0 fully saturated rings. The molecule has 0 aliphatic carbocycles. The second-order valence-corrected chi connectivity index (χ2v) is 5.61. The molecule has 2 heterocycles. The molecule has 0 saturated heterocycles. The van der Waals surface area contributed by atoms with E-state index in [1.165, 1.54) is 0 Å². The Morgan fingerprint density at radius 2 is 2.19 bits per heavy atom. The van der Waals surface area contributed by atoms with Gasteiger partial charge in [-0.2, -0.15) is 0 Å². The zero-order valence-corrected chi connectivity index (χ0v) is 13.2. The van der Waals surface area contributed by atoms with Crippen molar-refractivity contribution in [2.45, 2.75) is 32.4 Å². The number of hydrogen-bond donors (Lipinski definition) is 1. The number of aliphatic carboxylic acids is 1. The van der Waals surface area contributed by atoms with Gasteiger partial charge in [-0.15, -0.1) is 10.2 Å². The van der Waals surface area contributed by atoms with Crippen molar-refractivity contribution >= 4 is 23.8 Å². The number of nitrogens with zero attached hydrogens (tertiary/aromatic N) is 3. The van der Waals surface area contributed by atoms with Crippen molar-refractivity contribution in [1.82, 2.24) is 14.8 Å². The molecule has 0 saturated carbocycles. The molecule has 7 heteroatoms. The third kappa shape index (κ3) is 3.36. The Morgan fingerprint density at radius 1 is 1.48 bits per heavy atom. The standard InChI is InChI=1S/C14H17N3O3S/c1-5-12-15-16-14(20-12)21-11(13(18)19)7-10-6-8(2)17(4)9(10)3/h6-7H,5H2,1-4H3,(H,18,19)/b11-7-. The average Bonchev–Trinajstić information content (AvgIpc) is 2.99. The third-order valence-electron chi connectivity index (χ3n) is 3.26. The minimum absolute atomic E-state index is 0.148. The SMILES string of the molecule is CCc1nnc(S/C(=C\c2cc(C)n(C)c2C)C(=O)O)o1. The van der Waals surface area contributed by atoms with Crippen molar-refractivity contribution in [1.29, 1.82) is 0 Å². The van der Waals surface area contributed by atoms with E-state index in [2.05, 4.69) is 10.2 Å². The Balaban J connectivity index is 2.32. The molecule has 0 aliphatic rings. The topological polar surface area (TPSA) is 81.2 Å². The number of aryl methyl sites for hydroxylation is 2. The van der Waals surface area contributed by atoms with Gasteiger partial charge >= 0.3 is 5.97 Å². The second-order valence-electron chi connectivity index (χ2n) is 4.62. The number of thioether (sulfide) groups is 1. The largest absolute Gasteiger partial charge is 0.477 e. The van der Waals surface area contributed by atoms with Gasteiger partial charge in [-0.05, 0) is 43.3 Å². The Hall–Kier alpha value is -2.02. The Labute approximate surface area is 126 Å². The fourth-order valence-corrected chi connectivity index (χ4v) is 2.50. The summed E-state index contributed by atoms with van der Waals surface area (Å²) in [7, 11) is 1.95. The van der Waals surface area contributed by atoms with Crippen LogP contribution in [0.3, 0.4) is 0 Å². The fraction of sp³-hybridized carbons (Fsp3) is 0.357. The van der Waals surface area contributed by atoms with Crippen LogP contribution in [0.2, 0.25) is 0 Å². The smallest absolute Gasteiger partial charge is 0.342 e. The van der Waals surface area contributed by atoms with Gasteiger partial charge in [0.15, 0.2) is 0 Å². The van der Waals surface area contributed by atoms with Crippen LogP contribution in [0.1, 0.15) is 29.8 Å². The van der Waals surface area contributed by atoms with Crippen LogP contribution in [0.25, 0.3) is 6.08 Å². The fourth-order valence-electron chi connectivity index (χ4n) is 1.82. The van der Waals surface area contributed by atoms with E-state index in [1.54, 1.807) is 6.08 Å². The minimum Gasteiger partial charge on any atom is -0.477 e. The summed E-state index contributed by atoms with van der Waals surface area (Å²) in [5.74, 6) is -0.522. The van der Waals surface area contributed by atoms with E-state index in [4.69, 9.17) is 4.42 Å². The predicted molar refractivity (Wildman–Crippen MR) is 80.0 cm³/mol. The quantitative estimate of drug-likeness (QED) is 0.675. The van der Waals surface area contributed by atoms with E-state index < -0.39 is 5.97 Å². The molecule has 1 N–H and O–H groups in total. The lowest BCUT2D eigenvalue weighted by Gasteiger charge is -2.01. The van der Waals surface area contributed by atoms with Gasteiger partial charge in [-0.3, -0.25) is 0 Å². The number of carboxylic acid groups (broad SMARTS) is 1. The van der Waals surface area contributed by atoms with Crippen LogP contribution in [0.15, 0.2) is 20.6 Å². The van der Waals surface area contributed by atoms with Crippen molar-refractivity contribution in [3.8, 4) is 0 Å². The molecule has 21 heavy (non-hydrogen) atoms. The highest BCUT2D eigenvalue weighted by Gasteiger charge is 2.16. The predicted octanol–water partition coefficient (Wildman–Crippen LogP) is 2.81. The Kier molecular flexibility index (Phi) is 4.52. The first-order valence-corrected chi connectivity index (χ1v) is 7.32. The van der Waals surface area contributed by atoms with Crippen LogP contribution < -0.4 is 0 Å². The molecule has 0 radical (unpaired) electrons. The van der Waals surface area contributed by atoms with Gasteiger partial charge < -0.3 is 14.1 Å². The summed E-state index contributed by atoms with van der Waals surface area (Å²) in [6.07, 6.45) is 2.25. The lowest BCUT2D eigenvalue weighted by molar-refractivity contribution is -0.131. The maximum Gasteiger partial charge on any atom is 0.342 e. The van der Waals surface area contributed by atoms with Crippen LogP contribution in [-0.2, 0) is 18.3 Å². The minimum atomic E-state index is -1.02. The van der Waals surface area contributed by atoms with Gasteiger partial charge in [0, 0.05) is 24.9 Å². The van der Waals surface area contributed by atoms with E-state index in [0.717, 1.165) is 28.7 Å². The average molecular weight is 307 g/mol. The van der Waals surface area contributed by atoms with Gasteiger partial charge in [0.25, 0.3) is 5.22 Å². The van der Waals surface area contributed by atoms with Crippen LogP contribution in [-0.4, -0.2) is 25.8 Å². The van der Waals surface area contributed by atoms with Crippen molar-refractivity contribution in [2.24, 2.45) is 7.05 Å². The van der Waals surface area contributed by atoms with Crippen molar-refractivity contribution < 1.29 is 14.3 Å². The first kappa shape index (κ1) is 15.4. The second kappa shape index (κ2) is 6.17. The van der Waals surface area contributed by atoms with E-state index in [-0.39, 0.29) is 10.1 Å². The number of hydrogen-bond acceptors (Lipinski definition) is 5. The van der Waals surface area contributed by atoms with Crippen LogP contribution in [0.4, 0.5) is 0 Å². The lowest BCUT2D eigenvalue weighted by atomic mass is 10.2. The van der Waals surface area contributed by atoms with Crippen LogP contribution in [0.5, 0.6) is 0 Å². The Morgan fingerprint density at radius 3 is 2.67 bits per heavy atom. The summed E-state index contributed by atoms with van der Waals surface area (Å²) in [5, 5.41) is 17.2. The molecule has 2 aromatic heterocycles. The monoisotopic (exact) mass is 307 g/mol. The molecule has 0 unspecified atom stereocenters. The van der Waals surface area contributed by atoms with E-state index in [1.807, 2.05) is 38.5 Å². The summed E-state index contributed by atoms with van der Waals surface area (Å²) in [5.41, 5.74) is 2.95. The Bertz CT molecular complexity index is 700. The highest BCUT2D eigenvalue weighted by molar-refractivity contribution is 8.03. The highest BCUT2D eigenvalue weighted by atomic mass is 32.2. The van der Waals surface area contributed by atoms with Crippen molar-refractivity contribution in [3.05, 3.63) is 33.8 Å². The molecule has 0 aromatic carbocycles. The van der Waals surface area contributed by atoms with Gasteiger partial charge in [0.2, 0.25) is 5.89 Å². The van der Waals surface area contributed by atoms with Gasteiger partial charge in [0.05, 0.1) is 0 Å². The maximum absolute atomic E-state index is 11.4. The molecule has 0 bridgehead atoms. The van der Waals surface area contributed by atoms with E-state index in [9.17, 15) is 9.90 Å².